The van der Waals surface area contributed by atoms with Gasteiger partial charge in [0.1, 0.15) is 12.4 Å². The number of hydrogen-bond acceptors (Lipinski definition) is 2. The Labute approximate surface area is 165 Å². The van der Waals surface area contributed by atoms with Crippen LogP contribution in [-0.2, 0) is 12.0 Å². The minimum atomic E-state index is -0.0401. The summed E-state index contributed by atoms with van der Waals surface area (Å²) in [6, 6.07) is 25.5. The zero-order valence-electron chi connectivity index (χ0n) is 16.5. The van der Waals surface area contributed by atoms with Gasteiger partial charge < -0.3 is 4.74 Å². The average Bonchev–Trinajstić information content (AvgIpc) is 2.72. The maximum Gasteiger partial charge on any atom is 0.129 e. The van der Waals surface area contributed by atoms with Crippen LogP contribution in [0.4, 0.5) is 0 Å². The highest BCUT2D eigenvalue weighted by Crippen LogP contribution is 2.45. The van der Waals surface area contributed by atoms with E-state index < -0.39 is 0 Å². The molecule has 0 N–H and O–H groups in total. The maximum absolute atomic E-state index is 6.21. The Balaban J connectivity index is 1.88. The van der Waals surface area contributed by atoms with E-state index in [1.54, 1.807) is 0 Å². The van der Waals surface area contributed by atoms with Crippen LogP contribution < -0.4 is 4.74 Å². The van der Waals surface area contributed by atoms with Crippen LogP contribution in [0.1, 0.15) is 32.0 Å². The summed E-state index contributed by atoms with van der Waals surface area (Å²) in [6.07, 6.45) is 0. The van der Waals surface area contributed by atoms with Crippen molar-refractivity contribution in [3.8, 4) is 28.1 Å². The van der Waals surface area contributed by atoms with Crippen molar-refractivity contribution in [3.05, 3.63) is 84.1 Å². The number of rotatable bonds is 1. The van der Waals surface area contributed by atoms with Crippen LogP contribution in [0.15, 0.2) is 72.8 Å². The lowest BCUT2D eigenvalue weighted by Gasteiger charge is -2.27. The van der Waals surface area contributed by atoms with Gasteiger partial charge in [-0.2, -0.15) is 0 Å². The van der Waals surface area contributed by atoms with E-state index >= 15 is 0 Å². The van der Waals surface area contributed by atoms with E-state index in [1.807, 2.05) is 0 Å². The molecule has 3 aromatic carbocycles. The van der Waals surface area contributed by atoms with Gasteiger partial charge in [-0.1, -0.05) is 81.4 Å². The van der Waals surface area contributed by atoms with E-state index in [1.165, 1.54) is 27.5 Å². The minimum Gasteiger partial charge on any atom is -0.488 e. The molecule has 0 radical (unpaired) electrons. The highest BCUT2D eigenvalue weighted by atomic mass is 16.5. The van der Waals surface area contributed by atoms with Crippen molar-refractivity contribution < 1.29 is 4.74 Å². The van der Waals surface area contributed by atoms with E-state index in [0.717, 1.165) is 22.7 Å². The molecule has 0 saturated carbocycles. The molecule has 138 valence electrons. The lowest BCUT2D eigenvalue weighted by molar-refractivity contribution is 0.302. The first kappa shape index (κ1) is 17.0. The van der Waals surface area contributed by atoms with Crippen LogP contribution in [0.3, 0.4) is 0 Å². The molecule has 0 bridgehead atoms. The summed E-state index contributed by atoms with van der Waals surface area (Å²) in [5.74, 6) is 0.920. The summed E-state index contributed by atoms with van der Waals surface area (Å²) < 4.78 is 6.21. The molecule has 0 amide bonds. The van der Waals surface area contributed by atoms with Gasteiger partial charge in [0, 0.05) is 16.7 Å². The second-order valence-electron chi connectivity index (χ2n) is 8.45. The fourth-order valence-corrected chi connectivity index (χ4v) is 3.95. The van der Waals surface area contributed by atoms with Gasteiger partial charge in [0.2, 0.25) is 0 Å². The third-order valence-corrected chi connectivity index (χ3v) is 5.48. The van der Waals surface area contributed by atoms with Crippen LogP contribution in [0.2, 0.25) is 0 Å². The number of pyridine rings is 1. The Morgan fingerprint density at radius 1 is 0.857 bits per heavy atom. The maximum atomic E-state index is 6.21. The van der Waals surface area contributed by atoms with Crippen LogP contribution in [-0.4, -0.2) is 4.98 Å². The fraction of sp³-hybridized carbons (Fsp3) is 0.192. The summed E-state index contributed by atoms with van der Waals surface area (Å²) >= 11 is 0. The Kier molecular flexibility index (Phi) is 3.77. The van der Waals surface area contributed by atoms with E-state index in [0.29, 0.717) is 6.61 Å². The highest BCUT2D eigenvalue weighted by molar-refractivity contribution is 6.01. The van der Waals surface area contributed by atoms with Crippen molar-refractivity contribution in [2.24, 2.45) is 0 Å². The Morgan fingerprint density at radius 3 is 2.39 bits per heavy atom. The van der Waals surface area contributed by atoms with E-state index in [4.69, 9.17) is 9.72 Å². The molecular formula is C26H23NO. The molecule has 4 aromatic rings. The monoisotopic (exact) mass is 365 g/mol. The number of nitrogens with zero attached hydrogens (tertiary/aromatic N) is 1. The molecular weight excluding hydrogens is 342 g/mol. The zero-order valence-corrected chi connectivity index (χ0v) is 16.5. The predicted molar refractivity (Wildman–Crippen MR) is 116 cm³/mol. The molecule has 2 heteroatoms. The van der Waals surface area contributed by atoms with Crippen molar-refractivity contribution >= 4 is 10.8 Å². The number of aromatic nitrogens is 1. The van der Waals surface area contributed by atoms with Crippen molar-refractivity contribution in [2.75, 3.05) is 0 Å². The summed E-state index contributed by atoms with van der Waals surface area (Å²) in [7, 11) is 0. The molecule has 0 saturated heterocycles. The van der Waals surface area contributed by atoms with Crippen LogP contribution in [0, 0.1) is 0 Å². The minimum absolute atomic E-state index is 0.0401. The summed E-state index contributed by atoms with van der Waals surface area (Å²) in [4.78, 5) is 5.18. The topological polar surface area (TPSA) is 22.1 Å². The van der Waals surface area contributed by atoms with Gasteiger partial charge in [-0.15, -0.1) is 0 Å². The normalized spacial score (nSPS) is 13.0. The Morgan fingerprint density at radius 2 is 1.61 bits per heavy atom. The quantitative estimate of drug-likeness (QED) is 0.372. The first-order valence-electron chi connectivity index (χ1n) is 9.77. The van der Waals surface area contributed by atoms with Crippen LogP contribution >= 0.6 is 0 Å². The standard InChI is InChI=1S/C26H23NO/c1-26(2,3)23-15-20(17-9-5-4-6-10-17)21-16-28-22-14-13-18-11-7-8-12-19(18)24(22)25(21)27-23/h4-15H,16H2,1-3H3. The smallest absolute Gasteiger partial charge is 0.129 e. The average molecular weight is 365 g/mol. The lowest BCUT2D eigenvalue weighted by Crippen LogP contribution is -2.17. The molecule has 1 aromatic heterocycles. The summed E-state index contributed by atoms with van der Waals surface area (Å²) in [5, 5.41) is 2.40. The van der Waals surface area contributed by atoms with Crippen molar-refractivity contribution in [1.29, 1.82) is 0 Å². The molecule has 28 heavy (non-hydrogen) atoms. The third kappa shape index (κ3) is 2.68. The van der Waals surface area contributed by atoms with Gasteiger partial charge >= 0.3 is 0 Å². The number of fused-ring (bicyclic) bond motifs is 5. The first-order valence-corrected chi connectivity index (χ1v) is 9.77. The molecule has 1 aliphatic heterocycles. The largest absolute Gasteiger partial charge is 0.488 e. The second-order valence-corrected chi connectivity index (χ2v) is 8.45. The van der Waals surface area contributed by atoms with Crippen molar-refractivity contribution in [2.45, 2.75) is 32.8 Å². The van der Waals surface area contributed by atoms with E-state index in [9.17, 15) is 0 Å². The van der Waals surface area contributed by atoms with E-state index in [2.05, 4.69) is 93.6 Å². The Bertz CT molecular complexity index is 1190. The molecule has 0 fully saturated rings. The number of hydrogen-bond donors (Lipinski definition) is 0. The van der Waals surface area contributed by atoms with Crippen molar-refractivity contribution in [3.63, 3.8) is 0 Å². The zero-order chi connectivity index (χ0) is 19.3. The van der Waals surface area contributed by atoms with Gasteiger partial charge in [-0.25, -0.2) is 0 Å². The first-order chi connectivity index (χ1) is 13.5. The van der Waals surface area contributed by atoms with Gasteiger partial charge in [0.25, 0.3) is 0 Å². The second kappa shape index (κ2) is 6.20. The van der Waals surface area contributed by atoms with Gasteiger partial charge in [0.05, 0.1) is 11.3 Å². The Hall–Kier alpha value is -3.13. The molecule has 0 aliphatic carbocycles. The number of benzene rings is 3. The van der Waals surface area contributed by atoms with Crippen molar-refractivity contribution in [1.82, 2.24) is 4.98 Å². The van der Waals surface area contributed by atoms with Crippen LogP contribution in [0.25, 0.3) is 33.2 Å². The SMILES string of the molecule is CC(C)(C)c1cc(-c2ccccc2)c2c(n1)-c1c(ccc3ccccc13)OC2. The molecule has 0 unspecified atom stereocenters. The number of ether oxygens (including phenoxy) is 1. The summed E-state index contributed by atoms with van der Waals surface area (Å²) in [5.41, 5.74) is 6.83. The highest BCUT2D eigenvalue weighted by Gasteiger charge is 2.27. The molecule has 0 atom stereocenters. The van der Waals surface area contributed by atoms with Gasteiger partial charge in [0.15, 0.2) is 0 Å². The molecule has 2 heterocycles. The molecule has 5 rings (SSSR count). The third-order valence-electron chi connectivity index (χ3n) is 5.48. The molecule has 2 nitrogen and oxygen atoms in total. The fourth-order valence-electron chi connectivity index (χ4n) is 3.95. The van der Waals surface area contributed by atoms with Gasteiger partial charge in [-0.05, 0) is 34.0 Å². The van der Waals surface area contributed by atoms with Crippen LogP contribution in [0.5, 0.6) is 5.75 Å². The van der Waals surface area contributed by atoms with Gasteiger partial charge in [-0.3, -0.25) is 4.98 Å². The predicted octanol–water partition coefficient (Wildman–Crippen LogP) is 6.76. The van der Waals surface area contributed by atoms with E-state index in [-0.39, 0.29) is 5.41 Å². The summed E-state index contributed by atoms with van der Waals surface area (Å²) in [6.45, 7) is 7.21. The lowest BCUT2D eigenvalue weighted by atomic mass is 9.85. The molecule has 1 aliphatic rings. The molecule has 0 spiro atoms.